The molecule has 0 bridgehead atoms. The summed E-state index contributed by atoms with van der Waals surface area (Å²) in [4.78, 5) is 37.5. The lowest BCUT2D eigenvalue weighted by molar-refractivity contribution is -0.129. The molecule has 2 amide bonds. The lowest BCUT2D eigenvalue weighted by Gasteiger charge is -2.20. The third kappa shape index (κ3) is 6.42. The number of benzene rings is 3. The van der Waals surface area contributed by atoms with Crippen LogP contribution in [-0.2, 0) is 29.0 Å². The predicted molar refractivity (Wildman–Crippen MR) is 153 cm³/mol. The minimum Gasteiger partial charge on any atom is -0.361 e. The number of aromatic nitrogens is 3. The van der Waals surface area contributed by atoms with Gasteiger partial charge in [-0.05, 0) is 30.5 Å². The van der Waals surface area contributed by atoms with E-state index in [1.54, 1.807) is 6.20 Å². The van der Waals surface area contributed by atoms with E-state index in [0.29, 0.717) is 18.8 Å². The molecule has 6 N–H and O–H groups in total. The van der Waals surface area contributed by atoms with Crippen molar-refractivity contribution in [3.8, 4) is 11.4 Å². The molecule has 5 rings (SSSR count). The lowest BCUT2D eigenvalue weighted by atomic mass is 10.0. The molecule has 2 heterocycles. The zero-order valence-corrected chi connectivity index (χ0v) is 21.8. The zero-order chi connectivity index (χ0) is 27.2. The lowest BCUT2D eigenvalue weighted by Crippen LogP contribution is -2.53. The van der Waals surface area contributed by atoms with Gasteiger partial charge in [0.05, 0.1) is 6.04 Å². The number of H-pyrrole nitrogens is 2. The molecule has 0 fully saturated rings. The molecular weight excluding hydrogens is 488 g/mol. The van der Waals surface area contributed by atoms with Gasteiger partial charge in [-0.15, -0.1) is 0 Å². The second kappa shape index (κ2) is 11.8. The quantitative estimate of drug-likeness (QED) is 0.192. The molecule has 0 saturated heterocycles. The van der Waals surface area contributed by atoms with Gasteiger partial charge in [-0.25, -0.2) is 4.98 Å². The van der Waals surface area contributed by atoms with Crippen molar-refractivity contribution in [2.75, 3.05) is 0 Å². The molecule has 0 radical (unpaired) electrons. The molecule has 0 spiro atoms. The Morgan fingerprint density at radius 2 is 1.67 bits per heavy atom. The smallest absolute Gasteiger partial charge is 0.243 e. The van der Waals surface area contributed by atoms with Crippen molar-refractivity contribution in [1.29, 1.82) is 0 Å². The van der Waals surface area contributed by atoms with Crippen LogP contribution in [0.3, 0.4) is 0 Å². The van der Waals surface area contributed by atoms with Crippen LogP contribution in [0, 0.1) is 6.92 Å². The Balaban J connectivity index is 1.30. The third-order valence-corrected chi connectivity index (χ3v) is 6.77. The number of fused-ring (bicyclic) bond motifs is 1. The minimum atomic E-state index is -0.832. The van der Waals surface area contributed by atoms with Crippen LogP contribution < -0.4 is 16.4 Å². The number of hydrogen-bond donors (Lipinski definition) is 5. The number of aryl methyl sites for hydroxylation is 1. The van der Waals surface area contributed by atoms with Crippen molar-refractivity contribution in [1.82, 2.24) is 25.6 Å². The Labute approximate surface area is 227 Å². The van der Waals surface area contributed by atoms with E-state index in [4.69, 9.17) is 5.73 Å². The number of aromatic amines is 2. The molecule has 0 saturated carbocycles. The molecule has 0 aliphatic carbocycles. The van der Waals surface area contributed by atoms with Crippen LogP contribution in [0.2, 0.25) is 0 Å². The molecule has 0 unspecified atom stereocenters. The highest BCUT2D eigenvalue weighted by Gasteiger charge is 2.25. The van der Waals surface area contributed by atoms with Gasteiger partial charge in [0, 0.05) is 47.5 Å². The highest BCUT2D eigenvalue weighted by atomic mass is 16.2. The predicted octanol–water partition coefficient (Wildman–Crippen LogP) is 3.78. The Morgan fingerprint density at radius 3 is 2.46 bits per heavy atom. The number of nitrogens with one attached hydrogen (secondary N) is 4. The second-order valence-electron chi connectivity index (χ2n) is 9.76. The van der Waals surface area contributed by atoms with Crippen LogP contribution in [-0.4, -0.2) is 38.8 Å². The molecule has 2 atom stereocenters. The number of amides is 2. The Morgan fingerprint density at radius 1 is 0.923 bits per heavy atom. The molecular formula is C31H32N6O2. The first-order valence-corrected chi connectivity index (χ1v) is 13.0. The normalized spacial score (nSPS) is 12.7. The minimum absolute atomic E-state index is 0.241. The monoisotopic (exact) mass is 520 g/mol. The Bertz CT molecular complexity index is 1560. The summed E-state index contributed by atoms with van der Waals surface area (Å²) in [5, 5.41) is 6.86. The molecule has 198 valence electrons. The molecule has 0 aliphatic rings. The summed E-state index contributed by atoms with van der Waals surface area (Å²) in [5.74, 6) is 0.0206. The Hall–Kier alpha value is -4.69. The summed E-state index contributed by atoms with van der Waals surface area (Å²) in [6, 6.07) is 23.9. The van der Waals surface area contributed by atoms with Gasteiger partial charge in [-0.1, -0.05) is 78.4 Å². The molecule has 0 aliphatic heterocycles. The van der Waals surface area contributed by atoms with E-state index in [-0.39, 0.29) is 12.3 Å². The van der Waals surface area contributed by atoms with Gasteiger partial charge in [0.2, 0.25) is 11.8 Å². The molecule has 8 heteroatoms. The van der Waals surface area contributed by atoms with E-state index in [2.05, 4.69) is 25.6 Å². The van der Waals surface area contributed by atoms with Crippen molar-refractivity contribution in [3.05, 3.63) is 114 Å². The topological polar surface area (TPSA) is 129 Å². The fourth-order valence-electron chi connectivity index (χ4n) is 4.57. The first kappa shape index (κ1) is 25.9. The second-order valence-corrected chi connectivity index (χ2v) is 9.76. The van der Waals surface area contributed by atoms with Crippen LogP contribution in [0.1, 0.15) is 22.4 Å². The first-order chi connectivity index (χ1) is 19.0. The molecule has 3 aromatic carbocycles. The van der Waals surface area contributed by atoms with Gasteiger partial charge in [0.1, 0.15) is 11.9 Å². The van der Waals surface area contributed by atoms with Gasteiger partial charge in [0.25, 0.3) is 0 Å². The number of hydrogen-bond acceptors (Lipinski definition) is 4. The standard InChI is InChI=1S/C31H32N6O2/c1-20-11-13-22(14-12-20)29-34-19-24(36-29)16-28(31(39)35-17-21-7-3-2-4-8-21)37-30(38)26(32)15-23-18-33-27-10-6-5-9-25(23)27/h2-14,18-19,26,28,33H,15-17,32H2,1H3,(H,34,36)(H,35,39)(H,37,38)/t26-,28-/m0/s1. The third-order valence-electron chi connectivity index (χ3n) is 6.77. The number of para-hydroxylation sites is 1. The van der Waals surface area contributed by atoms with Gasteiger partial charge in [-0.3, -0.25) is 9.59 Å². The van der Waals surface area contributed by atoms with Crippen molar-refractivity contribution in [3.63, 3.8) is 0 Å². The van der Waals surface area contributed by atoms with E-state index in [1.165, 1.54) is 0 Å². The van der Waals surface area contributed by atoms with Crippen molar-refractivity contribution >= 4 is 22.7 Å². The van der Waals surface area contributed by atoms with E-state index in [1.807, 2.05) is 92.0 Å². The zero-order valence-electron chi connectivity index (χ0n) is 21.8. The number of carbonyl (C=O) groups is 2. The maximum atomic E-state index is 13.3. The van der Waals surface area contributed by atoms with Crippen LogP contribution in [0.25, 0.3) is 22.3 Å². The number of rotatable bonds is 10. The van der Waals surface area contributed by atoms with E-state index >= 15 is 0 Å². The highest BCUT2D eigenvalue weighted by Crippen LogP contribution is 2.19. The summed E-state index contributed by atoms with van der Waals surface area (Å²) in [7, 11) is 0. The maximum absolute atomic E-state index is 13.3. The van der Waals surface area contributed by atoms with Crippen LogP contribution in [0.15, 0.2) is 91.3 Å². The fraction of sp³-hybridized carbons (Fsp3) is 0.194. The number of imidazole rings is 1. The van der Waals surface area contributed by atoms with Gasteiger partial charge in [-0.2, -0.15) is 0 Å². The summed E-state index contributed by atoms with van der Waals surface area (Å²) >= 11 is 0. The summed E-state index contributed by atoms with van der Waals surface area (Å²) in [6.07, 6.45) is 4.16. The summed E-state index contributed by atoms with van der Waals surface area (Å²) < 4.78 is 0. The van der Waals surface area contributed by atoms with Crippen molar-refractivity contribution in [2.24, 2.45) is 5.73 Å². The van der Waals surface area contributed by atoms with Gasteiger partial charge < -0.3 is 26.3 Å². The summed E-state index contributed by atoms with van der Waals surface area (Å²) in [6.45, 7) is 2.38. The van der Waals surface area contributed by atoms with Crippen molar-refractivity contribution < 1.29 is 9.59 Å². The van der Waals surface area contributed by atoms with Gasteiger partial charge in [0.15, 0.2) is 0 Å². The van der Waals surface area contributed by atoms with E-state index < -0.39 is 18.0 Å². The SMILES string of the molecule is Cc1ccc(-c2ncc(C[C@H](NC(=O)[C@@H](N)Cc3c[nH]c4ccccc34)C(=O)NCc3ccccc3)[nH]2)cc1. The van der Waals surface area contributed by atoms with Gasteiger partial charge >= 0.3 is 0 Å². The van der Waals surface area contributed by atoms with Crippen LogP contribution >= 0.6 is 0 Å². The van der Waals surface area contributed by atoms with E-state index in [9.17, 15) is 9.59 Å². The average Bonchev–Trinajstić information content (AvgIpc) is 3.59. The number of carbonyl (C=O) groups excluding carboxylic acids is 2. The molecule has 2 aromatic heterocycles. The van der Waals surface area contributed by atoms with Crippen LogP contribution in [0.5, 0.6) is 0 Å². The van der Waals surface area contributed by atoms with Crippen LogP contribution in [0.4, 0.5) is 0 Å². The average molecular weight is 521 g/mol. The van der Waals surface area contributed by atoms with Crippen molar-refractivity contribution in [2.45, 2.75) is 38.4 Å². The fourth-order valence-corrected chi connectivity index (χ4v) is 4.57. The first-order valence-electron chi connectivity index (χ1n) is 13.0. The largest absolute Gasteiger partial charge is 0.361 e. The molecule has 8 nitrogen and oxygen atoms in total. The Kier molecular flexibility index (Phi) is 7.84. The molecule has 39 heavy (non-hydrogen) atoms. The number of nitrogens with two attached hydrogens (primary N) is 1. The number of nitrogens with zero attached hydrogens (tertiary/aromatic N) is 1. The molecule has 5 aromatic rings. The summed E-state index contributed by atoms with van der Waals surface area (Å²) in [5.41, 5.74) is 12.1. The maximum Gasteiger partial charge on any atom is 0.243 e. The van der Waals surface area contributed by atoms with E-state index in [0.717, 1.165) is 38.9 Å². The highest BCUT2D eigenvalue weighted by molar-refractivity contribution is 5.91.